The van der Waals surface area contributed by atoms with E-state index in [0.717, 1.165) is 30.8 Å². The number of carbonyl (C=O) groups excluding carboxylic acids is 1. The maximum absolute atomic E-state index is 11.6. The molecular weight excluding hydrogens is 218 g/mol. The topological polar surface area (TPSA) is 61.6 Å². The Bertz CT molecular complexity index is 466. The van der Waals surface area contributed by atoms with Gasteiger partial charge in [-0.2, -0.15) is 0 Å². The number of primary amides is 1. The lowest BCUT2D eigenvalue weighted by atomic mass is 9.77. The van der Waals surface area contributed by atoms with E-state index in [1.54, 1.807) is 0 Å². The molecule has 1 aromatic rings. The van der Waals surface area contributed by atoms with Crippen LogP contribution in [0.15, 0.2) is 18.2 Å². The standard InChI is InChI=1S/C13H15NO3/c14-12(15)13(7-16-8-13)10-3-4-11-9(6-10)2-1-5-17-11/h3-4,6H,1-2,5,7-8H2,(H2,14,15). The molecule has 3 rings (SSSR count). The number of aryl methyl sites for hydroxylation is 1. The normalized spacial score (nSPS) is 20.9. The van der Waals surface area contributed by atoms with Gasteiger partial charge in [-0.1, -0.05) is 12.1 Å². The number of nitrogens with two attached hydrogens (primary N) is 1. The summed E-state index contributed by atoms with van der Waals surface area (Å²) < 4.78 is 10.7. The third kappa shape index (κ3) is 1.52. The van der Waals surface area contributed by atoms with Gasteiger partial charge in [0.1, 0.15) is 11.2 Å². The molecule has 1 fully saturated rings. The summed E-state index contributed by atoms with van der Waals surface area (Å²) in [6.45, 7) is 1.56. The van der Waals surface area contributed by atoms with Gasteiger partial charge in [0.05, 0.1) is 19.8 Å². The molecule has 17 heavy (non-hydrogen) atoms. The smallest absolute Gasteiger partial charge is 0.232 e. The SMILES string of the molecule is NC(=O)C1(c2ccc3c(c2)CCCO3)COC1. The summed E-state index contributed by atoms with van der Waals surface area (Å²) in [4.78, 5) is 11.6. The van der Waals surface area contributed by atoms with Crippen LogP contribution in [0.5, 0.6) is 5.75 Å². The molecule has 0 atom stereocenters. The minimum atomic E-state index is -0.619. The van der Waals surface area contributed by atoms with Gasteiger partial charge in [0, 0.05) is 0 Å². The minimum Gasteiger partial charge on any atom is -0.493 e. The lowest BCUT2D eigenvalue weighted by Gasteiger charge is -2.39. The lowest BCUT2D eigenvalue weighted by molar-refractivity contribution is -0.141. The van der Waals surface area contributed by atoms with Crippen molar-refractivity contribution in [2.75, 3.05) is 19.8 Å². The number of hydrogen-bond acceptors (Lipinski definition) is 3. The molecule has 0 radical (unpaired) electrons. The quantitative estimate of drug-likeness (QED) is 0.820. The molecule has 2 N–H and O–H groups in total. The van der Waals surface area contributed by atoms with Crippen LogP contribution in [-0.4, -0.2) is 25.7 Å². The first-order chi connectivity index (χ1) is 8.22. The molecular formula is C13H15NO3. The van der Waals surface area contributed by atoms with Crippen LogP contribution < -0.4 is 10.5 Å². The Hall–Kier alpha value is -1.55. The number of fused-ring (bicyclic) bond motifs is 1. The highest BCUT2D eigenvalue weighted by atomic mass is 16.5. The van der Waals surface area contributed by atoms with Crippen LogP contribution in [0.3, 0.4) is 0 Å². The largest absolute Gasteiger partial charge is 0.493 e. The number of amides is 1. The second-order valence-electron chi connectivity index (χ2n) is 4.71. The van der Waals surface area contributed by atoms with Crippen molar-refractivity contribution in [2.24, 2.45) is 5.73 Å². The zero-order chi connectivity index (χ0) is 11.9. The molecule has 4 heteroatoms. The van der Waals surface area contributed by atoms with Gasteiger partial charge < -0.3 is 15.2 Å². The molecule has 2 aliphatic heterocycles. The molecule has 0 saturated carbocycles. The van der Waals surface area contributed by atoms with Crippen molar-refractivity contribution in [3.8, 4) is 5.75 Å². The molecule has 0 bridgehead atoms. The lowest BCUT2D eigenvalue weighted by Crippen LogP contribution is -2.56. The molecule has 1 aromatic carbocycles. The zero-order valence-electron chi connectivity index (χ0n) is 9.57. The molecule has 0 unspecified atom stereocenters. The fraction of sp³-hybridized carbons (Fsp3) is 0.462. The molecule has 2 heterocycles. The maximum atomic E-state index is 11.6. The third-order valence-electron chi connectivity index (χ3n) is 3.63. The molecule has 0 aliphatic carbocycles. The molecule has 0 spiro atoms. The van der Waals surface area contributed by atoms with Gasteiger partial charge in [0.15, 0.2) is 0 Å². The van der Waals surface area contributed by atoms with Gasteiger partial charge in [-0.05, 0) is 30.0 Å². The van der Waals surface area contributed by atoms with Gasteiger partial charge in [-0.15, -0.1) is 0 Å². The molecule has 4 nitrogen and oxygen atoms in total. The maximum Gasteiger partial charge on any atom is 0.232 e. The molecule has 1 amide bonds. The number of rotatable bonds is 2. The first-order valence-electron chi connectivity index (χ1n) is 5.86. The van der Waals surface area contributed by atoms with Crippen molar-refractivity contribution in [3.63, 3.8) is 0 Å². The predicted molar refractivity (Wildman–Crippen MR) is 61.9 cm³/mol. The second-order valence-corrected chi connectivity index (χ2v) is 4.71. The fourth-order valence-corrected chi connectivity index (χ4v) is 2.42. The van der Waals surface area contributed by atoms with E-state index >= 15 is 0 Å². The highest BCUT2D eigenvalue weighted by Crippen LogP contribution is 2.35. The van der Waals surface area contributed by atoms with Crippen molar-refractivity contribution >= 4 is 5.91 Å². The van der Waals surface area contributed by atoms with E-state index in [2.05, 4.69) is 0 Å². The van der Waals surface area contributed by atoms with Gasteiger partial charge in [0.25, 0.3) is 0 Å². The van der Waals surface area contributed by atoms with Gasteiger partial charge in [-0.25, -0.2) is 0 Å². The summed E-state index contributed by atoms with van der Waals surface area (Å²) in [5, 5.41) is 0. The monoisotopic (exact) mass is 233 g/mol. The van der Waals surface area contributed by atoms with E-state index in [-0.39, 0.29) is 5.91 Å². The zero-order valence-corrected chi connectivity index (χ0v) is 9.57. The predicted octanol–water partition coefficient (Wildman–Crippen LogP) is 0.765. The summed E-state index contributed by atoms with van der Waals surface area (Å²) in [5.41, 5.74) is 7.00. The Morgan fingerprint density at radius 3 is 2.82 bits per heavy atom. The minimum absolute atomic E-state index is 0.305. The van der Waals surface area contributed by atoms with Gasteiger partial charge >= 0.3 is 0 Å². The van der Waals surface area contributed by atoms with E-state index in [1.165, 1.54) is 5.56 Å². The fourth-order valence-electron chi connectivity index (χ4n) is 2.42. The number of ether oxygens (including phenoxy) is 2. The molecule has 90 valence electrons. The Kier molecular flexibility index (Phi) is 2.33. The van der Waals surface area contributed by atoms with E-state index in [1.807, 2.05) is 18.2 Å². The number of carbonyl (C=O) groups is 1. The van der Waals surface area contributed by atoms with Crippen LogP contribution in [0.4, 0.5) is 0 Å². The number of benzene rings is 1. The van der Waals surface area contributed by atoms with Crippen molar-refractivity contribution in [1.29, 1.82) is 0 Å². The summed E-state index contributed by atoms with van der Waals surface area (Å²) in [6, 6.07) is 5.91. The summed E-state index contributed by atoms with van der Waals surface area (Å²) in [6.07, 6.45) is 2.02. The summed E-state index contributed by atoms with van der Waals surface area (Å²) in [5.74, 6) is 0.625. The van der Waals surface area contributed by atoms with E-state index < -0.39 is 5.41 Å². The van der Waals surface area contributed by atoms with Crippen molar-refractivity contribution < 1.29 is 14.3 Å². The highest BCUT2D eigenvalue weighted by molar-refractivity contribution is 5.88. The summed E-state index contributed by atoms with van der Waals surface area (Å²) in [7, 11) is 0. The molecule has 2 aliphatic rings. The highest BCUT2D eigenvalue weighted by Gasteiger charge is 2.46. The average Bonchev–Trinajstić information content (AvgIpc) is 2.27. The van der Waals surface area contributed by atoms with Gasteiger partial charge in [-0.3, -0.25) is 4.79 Å². The van der Waals surface area contributed by atoms with E-state index in [4.69, 9.17) is 15.2 Å². The van der Waals surface area contributed by atoms with Crippen LogP contribution in [0.25, 0.3) is 0 Å². The Labute approximate surface area is 99.7 Å². The van der Waals surface area contributed by atoms with Crippen LogP contribution in [0, 0.1) is 0 Å². The molecule has 0 aromatic heterocycles. The van der Waals surface area contributed by atoms with Crippen molar-refractivity contribution in [3.05, 3.63) is 29.3 Å². The first-order valence-corrected chi connectivity index (χ1v) is 5.86. The Balaban J connectivity index is 2.01. The summed E-state index contributed by atoms with van der Waals surface area (Å²) >= 11 is 0. The van der Waals surface area contributed by atoms with Crippen LogP contribution in [0.2, 0.25) is 0 Å². The van der Waals surface area contributed by atoms with Crippen molar-refractivity contribution in [2.45, 2.75) is 18.3 Å². The van der Waals surface area contributed by atoms with E-state index in [9.17, 15) is 4.79 Å². The van der Waals surface area contributed by atoms with E-state index in [0.29, 0.717) is 13.2 Å². The van der Waals surface area contributed by atoms with Gasteiger partial charge in [0.2, 0.25) is 5.91 Å². The van der Waals surface area contributed by atoms with Crippen LogP contribution >= 0.6 is 0 Å². The van der Waals surface area contributed by atoms with Crippen LogP contribution in [0.1, 0.15) is 17.5 Å². The molecule has 1 saturated heterocycles. The third-order valence-corrected chi connectivity index (χ3v) is 3.63. The number of hydrogen-bond donors (Lipinski definition) is 1. The Morgan fingerprint density at radius 2 is 2.18 bits per heavy atom. The second kappa shape index (κ2) is 3.74. The average molecular weight is 233 g/mol. The first kappa shape index (κ1) is 10.6. The van der Waals surface area contributed by atoms with Crippen LogP contribution in [-0.2, 0) is 21.4 Å². The van der Waals surface area contributed by atoms with Crippen molar-refractivity contribution in [1.82, 2.24) is 0 Å². The Morgan fingerprint density at radius 1 is 1.35 bits per heavy atom.